The number of nitrogens with zero attached hydrogens (tertiary/aromatic N) is 1. The smallest absolute Gasteiger partial charge is 0.243 e. The van der Waals surface area contributed by atoms with Gasteiger partial charge in [-0.1, -0.05) is 29.3 Å². The first-order valence-electron chi connectivity index (χ1n) is 9.44. The maximum atomic E-state index is 13.0. The van der Waals surface area contributed by atoms with E-state index in [0.29, 0.717) is 47.3 Å². The average Bonchev–Trinajstić information content (AvgIpc) is 2.68. The highest BCUT2D eigenvalue weighted by atomic mass is 35.5. The van der Waals surface area contributed by atoms with Crippen LogP contribution < -0.4 is 10.1 Å². The van der Waals surface area contributed by atoms with Gasteiger partial charge in [0.05, 0.1) is 17.0 Å². The normalized spacial score (nSPS) is 15.9. The summed E-state index contributed by atoms with van der Waals surface area (Å²) >= 11 is 6.10. The fourth-order valence-electron chi connectivity index (χ4n) is 3.57. The molecule has 1 saturated heterocycles. The van der Waals surface area contributed by atoms with Crippen LogP contribution in [0.25, 0.3) is 0 Å². The van der Waals surface area contributed by atoms with E-state index in [2.05, 4.69) is 5.32 Å². The van der Waals surface area contributed by atoms with E-state index in [9.17, 15) is 13.2 Å². The molecule has 2 aromatic carbocycles. The molecule has 0 aromatic heterocycles. The summed E-state index contributed by atoms with van der Waals surface area (Å²) in [6, 6.07) is 10.4. The summed E-state index contributed by atoms with van der Waals surface area (Å²) in [6.07, 6.45) is 0.944. The van der Waals surface area contributed by atoms with Crippen molar-refractivity contribution in [1.29, 1.82) is 0 Å². The number of hydrogen-bond acceptors (Lipinski definition) is 4. The molecular formula is C21H25ClN2O4S. The van der Waals surface area contributed by atoms with Gasteiger partial charge in [-0.15, -0.1) is 0 Å². The van der Waals surface area contributed by atoms with Crippen LogP contribution in [0, 0.1) is 19.8 Å². The summed E-state index contributed by atoms with van der Waals surface area (Å²) in [5, 5.41) is 3.27. The number of sulfonamides is 1. The first-order chi connectivity index (χ1) is 13.7. The molecule has 1 aliphatic heterocycles. The highest BCUT2D eigenvalue weighted by Gasteiger charge is 2.32. The number of carbonyl (C=O) groups excluding carboxylic acids is 1. The molecule has 1 heterocycles. The fourth-order valence-corrected chi connectivity index (χ4v) is 5.51. The van der Waals surface area contributed by atoms with Crippen LogP contribution in [0.3, 0.4) is 0 Å². The topological polar surface area (TPSA) is 75.7 Å². The first kappa shape index (κ1) is 21.6. The van der Waals surface area contributed by atoms with Crippen LogP contribution in [-0.2, 0) is 14.8 Å². The Kier molecular flexibility index (Phi) is 6.51. The van der Waals surface area contributed by atoms with Crippen molar-refractivity contribution in [2.24, 2.45) is 5.92 Å². The van der Waals surface area contributed by atoms with E-state index in [0.717, 1.165) is 11.1 Å². The van der Waals surface area contributed by atoms with Gasteiger partial charge in [0.15, 0.2) is 0 Å². The van der Waals surface area contributed by atoms with Crippen LogP contribution in [-0.4, -0.2) is 38.8 Å². The number of amides is 1. The van der Waals surface area contributed by atoms with Crippen molar-refractivity contribution in [1.82, 2.24) is 4.31 Å². The second kappa shape index (κ2) is 8.73. The standard InChI is InChI=1S/C21H25ClN2O4S/c1-14-4-7-20(15(2)12-14)29(26,27)24-10-8-16(9-11-24)21(25)23-17-5-6-19(28-3)18(22)13-17/h4-7,12-13,16H,8-11H2,1-3H3,(H,23,25). The summed E-state index contributed by atoms with van der Waals surface area (Å²) in [7, 11) is -2.03. The summed E-state index contributed by atoms with van der Waals surface area (Å²) in [4.78, 5) is 12.9. The Balaban J connectivity index is 1.64. The molecule has 6 nitrogen and oxygen atoms in total. The molecule has 0 spiro atoms. The molecule has 0 radical (unpaired) electrons. The molecule has 1 aliphatic rings. The summed E-state index contributed by atoms with van der Waals surface area (Å²) in [5.74, 6) is 0.158. The molecule has 0 saturated carbocycles. The van der Waals surface area contributed by atoms with Gasteiger partial charge in [-0.3, -0.25) is 4.79 Å². The number of hydrogen-bond donors (Lipinski definition) is 1. The lowest BCUT2D eigenvalue weighted by molar-refractivity contribution is -0.120. The van der Waals surface area contributed by atoms with Gasteiger partial charge in [-0.25, -0.2) is 8.42 Å². The number of anilines is 1. The maximum Gasteiger partial charge on any atom is 0.243 e. The van der Waals surface area contributed by atoms with Crippen molar-refractivity contribution < 1.29 is 17.9 Å². The molecule has 1 N–H and O–H groups in total. The van der Waals surface area contributed by atoms with E-state index < -0.39 is 10.0 Å². The van der Waals surface area contributed by atoms with Crippen LogP contribution in [0.1, 0.15) is 24.0 Å². The molecule has 1 amide bonds. The van der Waals surface area contributed by atoms with Gasteiger partial charge in [-0.2, -0.15) is 4.31 Å². The number of ether oxygens (including phenoxy) is 1. The van der Waals surface area contributed by atoms with E-state index in [1.54, 1.807) is 37.3 Å². The Labute approximate surface area is 176 Å². The molecule has 1 fully saturated rings. The minimum Gasteiger partial charge on any atom is -0.495 e. The van der Waals surface area contributed by atoms with E-state index >= 15 is 0 Å². The summed E-state index contributed by atoms with van der Waals surface area (Å²) < 4.78 is 32.5. The third kappa shape index (κ3) is 4.74. The molecule has 0 bridgehead atoms. The van der Waals surface area contributed by atoms with Crippen molar-refractivity contribution in [3.8, 4) is 5.75 Å². The van der Waals surface area contributed by atoms with Gasteiger partial charge in [0.1, 0.15) is 5.75 Å². The third-order valence-corrected chi connectivity index (χ3v) is 7.55. The lowest BCUT2D eigenvalue weighted by Gasteiger charge is -2.31. The van der Waals surface area contributed by atoms with Crippen molar-refractivity contribution in [2.75, 3.05) is 25.5 Å². The number of halogens is 1. The number of nitrogens with one attached hydrogen (secondary N) is 1. The number of methoxy groups -OCH3 is 1. The number of carbonyl (C=O) groups is 1. The van der Waals surface area contributed by atoms with Crippen molar-refractivity contribution >= 4 is 33.2 Å². The van der Waals surface area contributed by atoms with Gasteiger partial charge in [0.25, 0.3) is 0 Å². The zero-order chi connectivity index (χ0) is 21.2. The molecule has 29 heavy (non-hydrogen) atoms. The van der Waals surface area contributed by atoms with Crippen molar-refractivity contribution in [3.63, 3.8) is 0 Å². The monoisotopic (exact) mass is 436 g/mol. The Morgan fingerprint density at radius 1 is 1.14 bits per heavy atom. The van der Waals surface area contributed by atoms with Crippen molar-refractivity contribution in [2.45, 2.75) is 31.6 Å². The Morgan fingerprint density at radius 2 is 1.83 bits per heavy atom. The minimum absolute atomic E-state index is 0.130. The molecule has 0 atom stereocenters. The van der Waals surface area contributed by atoms with Gasteiger partial charge in [0.2, 0.25) is 15.9 Å². The summed E-state index contributed by atoms with van der Waals surface area (Å²) in [5.41, 5.74) is 2.35. The maximum absolute atomic E-state index is 13.0. The van der Waals surface area contributed by atoms with Crippen LogP contribution in [0.4, 0.5) is 5.69 Å². The molecular weight excluding hydrogens is 412 g/mol. The predicted octanol–water partition coefficient (Wildman–Crippen LogP) is 4.00. The van der Waals surface area contributed by atoms with Crippen molar-refractivity contribution in [3.05, 3.63) is 52.5 Å². The predicted molar refractivity (Wildman–Crippen MR) is 114 cm³/mol. The van der Waals surface area contributed by atoms with Gasteiger partial charge in [0, 0.05) is 24.7 Å². The van der Waals surface area contributed by atoms with Crippen LogP contribution in [0.15, 0.2) is 41.3 Å². The Hall–Kier alpha value is -2.09. The number of aryl methyl sites for hydroxylation is 2. The zero-order valence-electron chi connectivity index (χ0n) is 16.7. The number of piperidine rings is 1. The van der Waals surface area contributed by atoms with Crippen LogP contribution in [0.2, 0.25) is 5.02 Å². The van der Waals surface area contributed by atoms with Gasteiger partial charge >= 0.3 is 0 Å². The molecule has 0 aliphatic carbocycles. The Morgan fingerprint density at radius 3 is 2.41 bits per heavy atom. The third-order valence-electron chi connectivity index (χ3n) is 5.19. The second-order valence-electron chi connectivity index (χ2n) is 7.29. The zero-order valence-corrected chi connectivity index (χ0v) is 18.3. The number of rotatable bonds is 5. The first-order valence-corrected chi connectivity index (χ1v) is 11.3. The van der Waals surface area contributed by atoms with E-state index in [1.807, 2.05) is 13.0 Å². The molecule has 0 unspecified atom stereocenters. The summed E-state index contributed by atoms with van der Waals surface area (Å²) in [6.45, 7) is 4.37. The largest absolute Gasteiger partial charge is 0.495 e. The quantitative estimate of drug-likeness (QED) is 0.768. The van der Waals surface area contributed by atoms with Crippen LogP contribution in [0.5, 0.6) is 5.75 Å². The van der Waals surface area contributed by atoms with E-state index in [1.165, 1.54) is 11.4 Å². The lowest BCUT2D eigenvalue weighted by Crippen LogP contribution is -2.41. The molecule has 2 aromatic rings. The highest BCUT2D eigenvalue weighted by Crippen LogP contribution is 2.29. The van der Waals surface area contributed by atoms with Gasteiger partial charge < -0.3 is 10.1 Å². The number of benzene rings is 2. The molecule has 156 valence electrons. The minimum atomic E-state index is -3.56. The van der Waals surface area contributed by atoms with E-state index in [4.69, 9.17) is 16.3 Å². The Bertz CT molecular complexity index is 1020. The molecule has 3 rings (SSSR count). The highest BCUT2D eigenvalue weighted by molar-refractivity contribution is 7.89. The van der Waals surface area contributed by atoms with E-state index in [-0.39, 0.29) is 11.8 Å². The fraction of sp³-hybridized carbons (Fsp3) is 0.381. The lowest BCUT2D eigenvalue weighted by atomic mass is 9.97. The SMILES string of the molecule is COc1ccc(NC(=O)C2CCN(S(=O)(=O)c3ccc(C)cc3C)CC2)cc1Cl. The van der Waals surface area contributed by atoms with Crippen LogP contribution >= 0.6 is 11.6 Å². The van der Waals surface area contributed by atoms with Gasteiger partial charge in [-0.05, 0) is 56.5 Å². The average molecular weight is 437 g/mol. The second-order valence-corrected chi connectivity index (χ2v) is 9.60. The molecule has 8 heteroatoms.